The predicted octanol–water partition coefficient (Wildman–Crippen LogP) is 0.0312. The largest absolute Gasteiger partial charge is 0.465 e. The molecule has 0 radical (unpaired) electrons. The summed E-state index contributed by atoms with van der Waals surface area (Å²) < 4.78 is 4.67. The van der Waals surface area contributed by atoms with E-state index in [9.17, 15) is 9.59 Å². The molecule has 0 atom stereocenters. The van der Waals surface area contributed by atoms with Gasteiger partial charge in [0.25, 0.3) is 0 Å². The number of amides is 1. The molecule has 72 valence electrons. The van der Waals surface area contributed by atoms with E-state index in [1.165, 1.54) is 11.8 Å². The van der Waals surface area contributed by atoms with Crippen molar-refractivity contribution in [3.63, 3.8) is 0 Å². The molecule has 0 aromatic rings. The fraction of sp³-hybridized carbons (Fsp3) is 0.556. The zero-order valence-electron chi connectivity index (χ0n) is 7.87. The van der Waals surface area contributed by atoms with Crippen LogP contribution in [0.25, 0.3) is 0 Å². The van der Waals surface area contributed by atoms with Crippen LogP contribution in [-0.2, 0) is 14.3 Å². The van der Waals surface area contributed by atoms with Crippen LogP contribution in [0.3, 0.4) is 0 Å². The first kappa shape index (κ1) is 11.5. The molecular weight excluding hydrogens is 170 g/mol. The monoisotopic (exact) mass is 183 g/mol. The minimum absolute atomic E-state index is 0.0760. The van der Waals surface area contributed by atoms with E-state index < -0.39 is 5.97 Å². The van der Waals surface area contributed by atoms with E-state index in [2.05, 4.69) is 10.7 Å². The summed E-state index contributed by atoms with van der Waals surface area (Å²) in [6.07, 6.45) is 5.02. The van der Waals surface area contributed by atoms with Gasteiger partial charge in [-0.05, 0) is 6.92 Å². The molecule has 0 spiro atoms. The van der Waals surface area contributed by atoms with Crippen LogP contribution in [-0.4, -0.2) is 36.5 Å². The molecule has 0 aliphatic carbocycles. The number of hydrogen-bond acceptors (Lipinski definition) is 3. The number of carbonyl (C=O) groups excluding carboxylic acids is 2. The van der Waals surface area contributed by atoms with E-state index in [1.807, 2.05) is 0 Å². The highest BCUT2D eigenvalue weighted by Crippen LogP contribution is 1.90. The smallest absolute Gasteiger partial charge is 0.325 e. The number of carbonyl (C=O) groups is 2. The van der Waals surface area contributed by atoms with Gasteiger partial charge in [0.05, 0.1) is 13.2 Å². The van der Waals surface area contributed by atoms with Gasteiger partial charge in [0.15, 0.2) is 0 Å². The maximum Gasteiger partial charge on any atom is 0.325 e. The third-order valence-corrected chi connectivity index (χ3v) is 1.35. The van der Waals surface area contributed by atoms with Crippen molar-refractivity contribution in [3.05, 3.63) is 0 Å². The van der Waals surface area contributed by atoms with Crippen LogP contribution >= 0.6 is 0 Å². The third-order valence-electron chi connectivity index (χ3n) is 1.35. The lowest BCUT2D eigenvalue weighted by atomic mass is 10.4. The number of ether oxygens (including phenoxy) is 1. The molecule has 4 nitrogen and oxygen atoms in total. The molecular formula is C9H13NO3. The number of terminal acetylenes is 1. The Balaban J connectivity index is 4.03. The summed E-state index contributed by atoms with van der Waals surface area (Å²) in [5.74, 6) is 1.63. The van der Waals surface area contributed by atoms with Gasteiger partial charge in [0.2, 0.25) is 5.91 Å². The van der Waals surface area contributed by atoms with Crippen LogP contribution in [0, 0.1) is 12.3 Å². The molecule has 0 N–H and O–H groups in total. The summed E-state index contributed by atoms with van der Waals surface area (Å²) in [4.78, 5) is 23.1. The normalized spacial score (nSPS) is 8.69. The van der Waals surface area contributed by atoms with Crippen molar-refractivity contribution in [1.29, 1.82) is 0 Å². The SMILES string of the molecule is C#CCN(CC(=O)OCC)C(C)=O. The molecule has 1 amide bonds. The number of esters is 1. The Labute approximate surface area is 77.9 Å². The summed E-state index contributed by atoms with van der Waals surface area (Å²) >= 11 is 0. The molecule has 0 unspecified atom stereocenters. The fourth-order valence-electron chi connectivity index (χ4n) is 0.751. The molecule has 0 saturated carbocycles. The van der Waals surface area contributed by atoms with Crippen LogP contribution < -0.4 is 0 Å². The molecule has 0 saturated heterocycles. The Morgan fingerprint density at radius 1 is 1.54 bits per heavy atom. The minimum atomic E-state index is -0.437. The van der Waals surface area contributed by atoms with Crippen molar-refractivity contribution in [2.45, 2.75) is 13.8 Å². The van der Waals surface area contributed by atoms with Crippen molar-refractivity contribution < 1.29 is 14.3 Å². The first-order chi connectivity index (χ1) is 6.11. The zero-order chi connectivity index (χ0) is 10.3. The van der Waals surface area contributed by atoms with Gasteiger partial charge in [-0.1, -0.05) is 5.92 Å². The van der Waals surface area contributed by atoms with Crippen molar-refractivity contribution >= 4 is 11.9 Å². The van der Waals surface area contributed by atoms with Gasteiger partial charge in [-0.25, -0.2) is 0 Å². The second-order valence-electron chi connectivity index (χ2n) is 2.38. The van der Waals surface area contributed by atoms with E-state index in [4.69, 9.17) is 6.42 Å². The highest BCUT2D eigenvalue weighted by atomic mass is 16.5. The molecule has 0 aromatic heterocycles. The number of rotatable bonds is 4. The van der Waals surface area contributed by atoms with Crippen LogP contribution in [0.5, 0.6) is 0 Å². The average Bonchev–Trinajstić information content (AvgIpc) is 2.04. The van der Waals surface area contributed by atoms with Crippen molar-refractivity contribution in [1.82, 2.24) is 4.90 Å². The second kappa shape index (κ2) is 6.06. The lowest BCUT2D eigenvalue weighted by molar-refractivity contribution is -0.148. The Bertz CT molecular complexity index is 230. The summed E-state index contributed by atoms with van der Waals surface area (Å²) in [6, 6.07) is 0. The zero-order valence-corrected chi connectivity index (χ0v) is 7.87. The number of hydrogen-bond donors (Lipinski definition) is 0. The molecule has 4 heteroatoms. The Morgan fingerprint density at radius 3 is 2.54 bits per heavy atom. The van der Waals surface area contributed by atoms with E-state index >= 15 is 0 Å². The maximum atomic E-state index is 10.9. The molecule has 0 heterocycles. The van der Waals surface area contributed by atoms with Crippen LogP contribution in [0.4, 0.5) is 0 Å². The van der Waals surface area contributed by atoms with Crippen molar-refractivity contribution in [2.24, 2.45) is 0 Å². The second-order valence-corrected chi connectivity index (χ2v) is 2.38. The summed E-state index contributed by atoms with van der Waals surface area (Å²) in [6.45, 7) is 3.43. The molecule has 0 rings (SSSR count). The van der Waals surface area contributed by atoms with E-state index in [0.717, 1.165) is 0 Å². The van der Waals surface area contributed by atoms with Crippen molar-refractivity contribution in [3.8, 4) is 12.3 Å². The fourth-order valence-corrected chi connectivity index (χ4v) is 0.751. The van der Waals surface area contributed by atoms with Gasteiger partial charge in [0, 0.05) is 6.92 Å². The summed E-state index contributed by atoms with van der Waals surface area (Å²) in [5, 5.41) is 0. The molecule has 0 aliphatic heterocycles. The van der Waals surface area contributed by atoms with Gasteiger partial charge in [0.1, 0.15) is 6.54 Å². The maximum absolute atomic E-state index is 10.9. The quantitative estimate of drug-likeness (QED) is 0.456. The lowest BCUT2D eigenvalue weighted by Gasteiger charge is -2.16. The van der Waals surface area contributed by atoms with Gasteiger partial charge in [-0.15, -0.1) is 6.42 Å². The Morgan fingerprint density at radius 2 is 2.15 bits per heavy atom. The van der Waals surface area contributed by atoms with E-state index in [0.29, 0.717) is 6.61 Å². The Kier molecular flexibility index (Phi) is 5.37. The summed E-state index contributed by atoms with van der Waals surface area (Å²) in [7, 11) is 0. The van der Waals surface area contributed by atoms with E-state index in [1.54, 1.807) is 6.92 Å². The predicted molar refractivity (Wildman–Crippen MR) is 47.7 cm³/mol. The Hall–Kier alpha value is -1.50. The lowest BCUT2D eigenvalue weighted by Crippen LogP contribution is -2.35. The highest BCUT2D eigenvalue weighted by molar-refractivity contribution is 5.80. The van der Waals surface area contributed by atoms with Crippen LogP contribution in [0.2, 0.25) is 0 Å². The standard InChI is InChI=1S/C9H13NO3/c1-4-6-10(8(3)11)7-9(12)13-5-2/h1H,5-7H2,2-3H3. The van der Waals surface area contributed by atoms with Gasteiger partial charge in [-0.3, -0.25) is 9.59 Å². The third kappa shape index (κ3) is 4.86. The molecule has 13 heavy (non-hydrogen) atoms. The van der Waals surface area contributed by atoms with Gasteiger partial charge >= 0.3 is 5.97 Å². The average molecular weight is 183 g/mol. The van der Waals surface area contributed by atoms with Gasteiger partial charge < -0.3 is 9.64 Å². The van der Waals surface area contributed by atoms with Gasteiger partial charge in [-0.2, -0.15) is 0 Å². The first-order valence-corrected chi connectivity index (χ1v) is 3.96. The first-order valence-electron chi connectivity index (χ1n) is 3.96. The van der Waals surface area contributed by atoms with E-state index in [-0.39, 0.29) is 19.0 Å². The van der Waals surface area contributed by atoms with Crippen LogP contribution in [0.1, 0.15) is 13.8 Å². The summed E-state index contributed by atoms with van der Waals surface area (Å²) in [5.41, 5.74) is 0. The minimum Gasteiger partial charge on any atom is -0.465 e. The highest BCUT2D eigenvalue weighted by Gasteiger charge is 2.12. The van der Waals surface area contributed by atoms with Crippen molar-refractivity contribution in [2.75, 3.05) is 19.7 Å². The molecule has 0 aromatic carbocycles. The molecule has 0 fully saturated rings. The number of nitrogens with zero attached hydrogens (tertiary/aromatic N) is 1. The molecule has 0 aliphatic rings. The van der Waals surface area contributed by atoms with Crippen LogP contribution in [0.15, 0.2) is 0 Å². The molecule has 0 bridgehead atoms. The topological polar surface area (TPSA) is 46.6 Å².